The van der Waals surface area contributed by atoms with Crippen LogP contribution in [0.4, 0.5) is 0 Å². The van der Waals surface area contributed by atoms with Gasteiger partial charge in [0, 0.05) is 17.3 Å². The first-order chi connectivity index (χ1) is 13.3. The molecule has 7 unspecified atom stereocenters. The van der Waals surface area contributed by atoms with Crippen molar-refractivity contribution in [3.63, 3.8) is 0 Å². The van der Waals surface area contributed by atoms with Gasteiger partial charge < -0.3 is 20.3 Å². The molecule has 0 spiro atoms. The maximum atomic E-state index is 10.5. The Morgan fingerprint density at radius 2 is 1.96 bits per heavy atom. The first kappa shape index (κ1) is 19.6. The van der Waals surface area contributed by atoms with Crippen LogP contribution in [0.25, 0.3) is 0 Å². The van der Waals surface area contributed by atoms with Crippen LogP contribution in [0.3, 0.4) is 0 Å². The Morgan fingerprint density at radius 3 is 2.64 bits per heavy atom. The number of allylic oxidation sites excluding steroid dienone is 4. The molecule has 0 aromatic heterocycles. The van der Waals surface area contributed by atoms with E-state index in [1.807, 2.05) is 6.92 Å². The third-order valence-corrected chi connectivity index (χ3v) is 8.26. The van der Waals surface area contributed by atoms with Gasteiger partial charge >= 0.3 is 0 Å². The number of aliphatic hydroxyl groups is 2. The summed E-state index contributed by atoms with van der Waals surface area (Å²) in [6.07, 6.45) is 7.05. The Bertz CT molecular complexity index is 785. The van der Waals surface area contributed by atoms with E-state index in [9.17, 15) is 15.4 Å². The molecule has 4 aliphatic carbocycles. The monoisotopic (exact) mass is 388 g/mol. The zero-order valence-corrected chi connectivity index (χ0v) is 17.2. The number of fused-ring (bicyclic) bond motifs is 5. The number of hydrogen-bond donors (Lipinski definition) is 3. The van der Waals surface area contributed by atoms with Crippen LogP contribution in [0, 0.1) is 28.6 Å². The molecule has 4 aliphatic rings. The maximum absolute atomic E-state index is 10.5. The minimum Gasteiger partial charge on any atom is -0.411 e. The first-order valence-electron chi connectivity index (χ1n) is 10.3. The molecule has 154 valence electrons. The van der Waals surface area contributed by atoms with E-state index < -0.39 is 12.2 Å². The second-order valence-corrected chi connectivity index (χ2v) is 9.59. The van der Waals surface area contributed by atoms with E-state index in [1.54, 1.807) is 7.11 Å². The number of oxime groups is 2. The predicted octanol–water partition coefficient (Wildman–Crippen LogP) is 3.28. The highest BCUT2D eigenvalue weighted by Gasteiger charge is 2.58. The van der Waals surface area contributed by atoms with Crippen molar-refractivity contribution in [1.82, 2.24) is 0 Å². The fourth-order valence-electron chi connectivity index (χ4n) is 6.72. The summed E-state index contributed by atoms with van der Waals surface area (Å²) in [5.41, 5.74) is 4.06. The molecule has 0 aromatic rings. The van der Waals surface area contributed by atoms with E-state index in [-0.39, 0.29) is 22.7 Å². The molecule has 0 heterocycles. The Hall–Kier alpha value is -1.66. The molecule has 0 amide bonds. The van der Waals surface area contributed by atoms with Crippen molar-refractivity contribution in [2.45, 2.75) is 65.1 Å². The lowest BCUT2D eigenvalue weighted by molar-refractivity contribution is -0.0831. The molecule has 0 bridgehead atoms. The summed E-state index contributed by atoms with van der Waals surface area (Å²) < 4.78 is 0. The summed E-state index contributed by atoms with van der Waals surface area (Å²) >= 11 is 0. The van der Waals surface area contributed by atoms with Gasteiger partial charge in [0.25, 0.3) is 0 Å². The summed E-state index contributed by atoms with van der Waals surface area (Å²) in [4.78, 5) is 5.16. The SMILES string of the molecule is CO/N=C1/C=C2C3=CCC(/C(C)=N\O)C3(C)CCC2C2(C)CC(O)C(O)CC12. The second kappa shape index (κ2) is 6.70. The smallest absolute Gasteiger partial charge is 0.106 e. The number of hydrogen-bond acceptors (Lipinski definition) is 6. The molecule has 0 radical (unpaired) electrons. The normalized spacial score (nSPS) is 47.0. The second-order valence-electron chi connectivity index (χ2n) is 9.59. The van der Waals surface area contributed by atoms with Gasteiger partial charge in [0.2, 0.25) is 0 Å². The van der Waals surface area contributed by atoms with Crippen molar-refractivity contribution >= 4 is 11.4 Å². The Kier molecular flexibility index (Phi) is 4.70. The van der Waals surface area contributed by atoms with Crippen LogP contribution in [0.2, 0.25) is 0 Å². The van der Waals surface area contributed by atoms with E-state index in [2.05, 4.69) is 36.3 Å². The van der Waals surface area contributed by atoms with Gasteiger partial charge in [-0.05, 0) is 67.6 Å². The van der Waals surface area contributed by atoms with E-state index >= 15 is 0 Å². The van der Waals surface area contributed by atoms with Crippen LogP contribution in [0.15, 0.2) is 33.6 Å². The lowest BCUT2D eigenvalue weighted by atomic mass is 9.48. The Labute approximate surface area is 166 Å². The molecule has 6 nitrogen and oxygen atoms in total. The number of nitrogens with zero attached hydrogens (tertiary/aromatic N) is 2. The lowest BCUT2D eigenvalue weighted by Gasteiger charge is -2.56. The van der Waals surface area contributed by atoms with Gasteiger partial charge in [-0.2, -0.15) is 0 Å². The van der Waals surface area contributed by atoms with Gasteiger partial charge in [0.1, 0.15) is 7.11 Å². The third kappa shape index (κ3) is 2.61. The van der Waals surface area contributed by atoms with Gasteiger partial charge in [-0.1, -0.05) is 30.2 Å². The van der Waals surface area contributed by atoms with E-state index in [1.165, 1.54) is 11.1 Å². The van der Waals surface area contributed by atoms with Crippen LogP contribution in [-0.2, 0) is 4.84 Å². The number of aliphatic hydroxyl groups excluding tert-OH is 2. The molecule has 28 heavy (non-hydrogen) atoms. The van der Waals surface area contributed by atoms with Crippen LogP contribution in [0.5, 0.6) is 0 Å². The van der Waals surface area contributed by atoms with Crippen molar-refractivity contribution in [1.29, 1.82) is 0 Å². The summed E-state index contributed by atoms with van der Waals surface area (Å²) in [6.45, 7) is 6.43. The van der Waals surface area contributed by atoms with Crippen molar-refractivity contribution in [2.24, 2.45) is 38.9 Å². The summed E-state index contributed by atoms with van der Waals surface area (Å²) in [5, 5.41) is 38.0. The Morgan fingerprint density at radius 1 is 1.21 bits per heavy atom. The topological polar surface area (TPSA) is 94.6 Å². The summed E-state index contributed by atoms with van der Waals surface area (Å²) in [7, 11) is 1.56. The third-order valence-electron chi connectivity index (χ3n) is 8.26. The van der Waals surface area contributed by atoms with Crippen LogP contribution >= 0.6 is 0 Å². The molecule has 3 N–H and O–H groups in total. The number of rotatable bonds is 2. The fraction of sp³-hybridized carbons (Fsp3) is 0.727. The molecular formula is C22H32N2O4. The van der Waals surface area contributed by atoms with Gasteiger partial charge in [-0.15, -0.1) is 0 Å². The fourth-order valence-corrected chi connectivity index (χ4v) is 6.72. The molecule has 0 aromatic carbocycles. The van der Waals surface area contributed by atoms with Crippen molar-refractivity contribution in [3.8, 4) is 0 Å². The first-order valence-corrected chi connectivity index (χ1v) is 10.3. The minimum atomic E-state index is -0.720. The van der Waals surface area contributed by atoms with E-state index in [0.717, 1.165) is 30.7 Å². The largest absolute Gasteiger partial charge is 0.411 e. The molecule has 2 saturated carbocycles. The zero-order chi connectivity index (χ0) is 20.3. The maximum Gasteiger partial charge on any atom is 0.106 e. The van der Waals surface area contributed by atoms with Gasteiger partial charge in [-0.25, -0.2) is 0 Å². The van der Waals surface area contributed by atoms with Gasteiger partial charge in [0.15, 0.2) is 0 Å². The zero-order valence-electron chi connectivity index (χ0n) is 17.2. The van der Waals surface area contributed by atoms with Crippen molar-refractivity contribution < 1.29 is 20.3 Å². The molecule has 0 saturated heterocycles. The highest BCUT2D eigenvalue weighted by Crippen LogP contribution is 2.63. The quantitative estimate of drug-likeness (QED) is 0.384. The Balaban J connectivity index is 1.80. The highest BCUT2D eigenvalue weighted by atomic mass is 16.6. The van der Waals surface area contributed by atoms with Gasteiger partial charge in [0.05, 0.1) is 23.6 Å². The molecule has 0 aliphatic heterocycles. The molecule has 6 heteroatoms. The highest BCUT2D eigenvalue weighted by molar-refractivity contribution is 6.00. The minimum absolute atomic E-state index is 0.0488. The lowest BCUT2D eigenvalue weighted by Crippen LogP contribution is -2.55. The van der Waals surface area contributed by atoms with Crippen LogP contribution < -0.4 is 0 Å². The molecule has 4 rings (SSSR count). The van der Waals surface area contributed by atoms with Gasteiger partial charge in [-0.3, -0.25) is 0 Å². The van der Waals surface area contributed by atoms with Crippen LogP contribution in [-0.4, -0.2) is 46.2 Å². The van der Waals surface area contributed by atoms with Crippen LogP contribution in [0.1, 0.15) is 52.9 Å². The molecule has 7 atom stereocenters. The van der Waals surface area contributed by atoms with E-state index in [4.69, 9.17) is 4.84 Å². The van der Waals surface area contributed by atoms with E-state index in [0.29, 0.717) is 18.8 Å². The predicted molar refractivity (Wildman–Crippen MR) is 107 cm³/mol. The average molecular weight is 389 g/mol. The molecular weight excluding hydrogens is 356 g/mol. The molecule has 2 fully saturated rings. The summed E-state index contributed by atoms with van der Waals surface area (Å²) in [5.74, 6) is 0.601. The standard InChI is InChI=1S/C22H32N2O4/c1-12(23-27)14-5-6-15-13-9-18(24-28-4)17-10-19(25)20(26)11-22(17,3)16(13)7-8-21(14,15)2/h6,9,14,16-17,19-20,25-27H,5,7-8,10-11H2,1-4H3/b23-12-,24-18-. The van der Waals surface area contributed by atoms with Crippen molar-refractivity contribution in [3.05, 3.63) is 23.3 Å². The summed E-state index contributed by atoms with van der Waals surface area (Å²) in [6, 6.07) is 0. The average Bonchev–Trinajstić information content (AvgIpc) is 3.01. The van der Waals surface area contributed by atoms with Crippen molar-refractivity contribution in [2.75, 3.05) is 7.11 Å².